The summed E-state index contributed by atoms with van der Waals surface area (Å²) >= 11 is 1.98. The Labute approximate surface area is 131 Å². The highest BCUT2D eigenvalue weighted by atomic mass is 32.2. The van der Waals surface area contributed by atoms with Crippen molar-refractivity contribution >= 4 is 17.6 Å². The summed E-state index contributed by atoms with van der Waals surface area (Å²) in [5.41, 5.74) is 2.49. The Kier molecular flexibility index (Phi) is 4.54. The van der Waals surface area contributed by atoms with Gasteiger partial charge >= 0.3 is 0 Å². The van der Waals surface area contributed by atoms with Gasteiger partial charge in [-0.3, -0.25) is 0 Å². The van der Waals surface area contributed by atoms with Gasteiger partial charge in [-0.2, -0.15) is 16.9 Å². The molecule has 2 aromatic rings. The summed E-state index contributed by atoms with van der Waals surface area (Å²) in [4.78, 5) is 2.49. The Bertz CT molecular complexity index is 579. The van der Waals surface area contributed by atoms with Crippen molar-refractivity contribution in [2.24, 2.45) is 0 Å². The minimum atomic E-state index is 0.766. The van der Waals surface area contributed by atoms with Gasteiger partial charge in [-0.05, 0) is 31.6 Å². The van der Waals surface area contributed by atoms with E-state index in [1.807, 2.05) is 11.8 Å². The Morgan fingerprint density at radius 1 is 1.29 bits per heavy atom. The van der Waals surface area contributed by atoms with E-state index < -0.39 is 0 Å². The Balaban J connectivity index is 1.71. The number of thioether (sulfide) groups is 1. The summed E-state index contributed by atoms with van der Waals surface area (Å²) in [7, 11) is 0. The lowest BCUT2D eigenvalue weighted by Crippen LogP contribution is -2.24. The van der Waals surface area contributed by atoms with E-state index in [1.54, 1.807) is 0 Å². The van der Waals surface area contributed by atoms with Crippen LogP contribution in [0.2, 0.25) is 0 Å². The van der Waals surface area contributed by atoms with Crippen LogP contribution in [0.1, 0.15) is 17.7 Å². The first-order valence-electron chi connectivity index (χ1n) is 7.62. The zero-order valence-electron chi connectivity index (χ0n) is 12.8. The molecule has 0 aliphatic carbocycles. The van der Waals surface area contributed by atoms with E-state index in [9.17, 15) is 0 Å². The highest BCUT2D eigenvalue weighted by Gasteiger charge is 2.24. The summed E-state index contributed by atoms with van der Waals surface area (Å²) in [5.74, 6) is 1.29. The largest absolute Gasteiger partial charge is 0.356 e. The summed E-state index contributed by atoms with van der Waals surface area (Å²) in [6, 6.07) is 12.9. The first-order chi connectivity index (χ1) is 10.3. The third kappa shape index (κ3) is 3.43. The molecule has 0 bridgehead atoms. The SMILES string of the molecule is CSC1CCN(c2cc(C)nn2CCc2ccccc2)C1. The molecule has 0 amide bonds. The van der Waals surface area contributed by atoms with E-state index in [2.05, 4.69) is 64.3 Å². The summed E-state index contributed by atoms with van der Waals surface area (Å²) < 4.78 is 2.19. The Morgan fingerprint density at radius 3 is 2.81 bits per heavy atom. The highest BCUT2D eigenvalue weighted by molar-refractivity contribution is 7.99. The van der Waals surface area contributed by atoms with Crippen LogP contribution in [0.25, 0.3) is 0 Å². The number of hydrogen-bond donors (Lipinski definition) is 0. The first-order valence-corrected chi connectivity index (χ1v) is 8.91. The van der Waals surface area contributed by atoms with Crippen molar-refractivity contribution in [2.45, 2.75) is 31.6 Å². The molecular weight excluding hydrogens is 278 g/mol. The van der Waals surface area contributed by atoms with Crippen LogP contribution in [0, 0.1) is 6.92 Å². The minimum absolute atomic E-state index is 0.766. The highest BCUT2D eigenvalue weighted by Crippen LogP contribution is 2.26. The molecule has 1 aromatic carbocycles. The molecule has 0 spiro atoms. The Hall–Kier alpha value is -1.42. The minimum Gasteiger partial charge on any atom is -0.356 e. The van der Waals surface area contributed by atoms with Gasteiger partial charge in [0, 0.05) is 31.0 Å². The van der Waals surface area contributed by atoms with Gasteiger partial charge in [-0.15, -0.1) is 0 Å². The molecule has 112 valence electrons. The van der Waals surface area contributed by atoms with E-state index in [0.29, 0.717) is 0 Å². The summed E-state index contributed by atoms with van der Waals surface area (Å²) in [6.45, 7) is 5.35. The number of benzene rings is 1. The standard InChI is InChI=1S/C17H23N3S/c1-14-12-17(19-10-9-16(13-19)21-2)20(18-14)11-8-15-6-4-3-5-7-15/h3-7,12,16H,8-11,13H2,1-2H3. The number of rotatable bonds is 5. The zero-order chi connectivity index (χ0) is 14.7. The molecule has 21 heavy (non-hydrogen) atoms. The predicted octanol–water partition coefficient (Wildman–Crippen LogP) is 3.38. The molecule has 1 aliphatic heterocycles. The van der Waals surface area contributed by atoms with Gasteiger partial charge in [-0.25, -0.2) is 4.68 Å². The molecule has 4 heteroatoms. The van der Waals surface area contributed by atoms with E-state index in [4.69, 9.17) is 0 Å². The van der Waals surface area contributed by atoms with E-state index >= 15 is 0 Å². The first kappa shape index (κ1) is 14.5. The molecule has 3 rings (SSSR count). The van der Waals surface area contributed by atoms with Crippen LogP contribution in [0.15, 0.2) is 36.4 Å². The second-order valence-corrected chi connectivity index (χ2v) is 6.83. The number of anilines is 1. The quantitative estimate of drug-likeness (QED) is 0.845. The predicted molar refractivity (Wildman–Crippen MR) is 91.2 cm³/mol. The molecule has 0 radical (unpaired) electrons. The van der Waals surface area contributed by atoms with Crippen LogP contribution in [-0.4, -0.2) is 34.4 Å². The van der Waals surface area contributed by atoms with Crippen molar-refractivity contribution in [1.82, 2.24) is 9.78 Å². The number of nitrogens with zero attached hydrogens (tertiary/aromatic N) is 3. The van der Waals surface area contributed by atoms with Crippen LogP contribution in [-0.2, 0) is 13.0 Å². The second-order valence-electron chi connectivity index (χ2n) is 5.70. The van der Waals surface area contributed by atoms with Crippen molar-refractivity contribution in [3.05, 3.63) is 47.7 Å². The maximum absolute atomic E-state index is 4.69. The second kappa shape index (κ2) is 6.56. The zero-order valence-corrected chi connectivity index (χ0v) is 13.6. The van der Waals surface area contributed by atoms with Crippen molar-refractivity contribution < 1.29 is 0 Å². The molecule has 2 heterocycles. The fraction of sp³-hybridized carbons (Fsp3) is 0.471. The van der Waals surface area contributed by atoms with Crippen LogP contribution in [0.3, 0.4) is 0 Å². The maximum Gasteiger partial charge on any atom is 0.127 e. The van der Waals surface area contributed by atoms with Crippen molar-refractivity contribution in [2.75, 3.05) is 24.2 Å². The summed E-state index contributed by atoms with van der Waals surface area (Å²) in [5, 5.41) is 5.46. The monoisotopic (exact) mass is 301 g/mol. The van der Waals surface area contributed by atoms with Gasteiger partial charge in [-0.1, -0.05) is 30.3 Å². The van der Waals surface area contributed by atoms with Gasteiger partial charge in [0.15, 0.2) is 0 Å². The average Bonchev–Trinajstić information content (AvgIpc) is 3.12. The van der Waals surface area contributed by atoms with Gasteiger partial charge in [0.25, 0.3) is 0 Å². The summed E-state index contributed by atoms with van der Waals surface area (Å²) in [6.07, 6.45) is 4.53. The van der Waals surface area contributed by atoms with Gasteiger partial charge < -0.3 is 4.90 Å². The normalized spacial score (nSPS) is 18.4. The fourth-order valence-corrected chi connectivity index (χ4v) is 3.63. The van der Waals surface area contributed by atoms with Crippen LogP contribution in [0.4, 0.5) is 5.82 Å². The maximum atomic E-state index is 4.69. The molecule has 3 nitrogen and oxygen atoms in total. The van der Waals surface area contributed by atoms with Crippen molar-refractivity contribution in [3.8, 4) is 0 Å². The molecule has 1 aliphatic rings. The molecule has 0 N–H and O–H groups in total. The molecule has 1 unspecified atom stereocenters. The van der Waals surface area contributed by atoms with Crippen LogP contribution >= 0.6 is 11.8 Å². The van der Waals surface area contributed by atoms with E-state index in [1.165, 1.54) is 17.8 Å². The third-order valence-electron chi connectivity index (χ3n) is 4.14. The molecule has 1 fully saturated rings. The number of hydrogen-bond acceptors (Lipinski definition) is 3. The number of aryl methyl sites for hydroxylation is 3. The van der Waals surface area contributed by atoms with E-state index in [0.717, 1.165) is 37.0 Å². The lowest BCUT2D eigenvalue weighted by Gasteiger charge is -2.19. The van der Waals surface area contributed by atoms with Crippen molar-refractivity contribution in [1.29, 1.82) is 0 Å². The fourth-order valence-electron chi connectivity index (χ4n) is 2.96. The van der Waals surface area contributed by atoms with Gasteiger partial charge in [0.05, 0.1) is 5.69 Å². The molecule has 1 aromatic heterocycles. The topological polar surface area (TPSA) is 21.1 Å². The lowest BCUT2D eigenvalue weighted by atomic mass is 10.1. The Morgan fingerprint density at radius 2 is 2.10 bits per heavy atom. The van der Waals surface area contributed by atoms with E-state index in [-0.39, 0.29) is 0 Å². The average molecular weight is 301 g/mol. The van der Waals surface area contributed by atoms with Gasteiger partial charge in [0.1, 0.15) is 5.82 Å². The smallest absolute Gasteiger partial charge is 0.127 e. The lowest BCUT2D eigenvalue weighted by molar-refractivity contribution is 0.603. The third-order valence-corrected chi connectivity index (χ3v) is 5.19. The molecule has 0 saturated carbocycles. The van der Waals surface area contributed by atoms with Crippen LogP contribution < -0.4 is 4.90 Å². The molecule has 1 saturated heterocycles. The van der Waals surface area contributed by atoms with Crippen LogP contribution in [0.5, 0.6) is 0 Å². The van der Waals surface area contributed by atoms with Crippen molar-refractivity contribution in [3.63, 3.8) is 0 Å². The molecule has 1 atom stereocenters. The number of aromatic nitrogens is 2. The molecular formula is C17H23N3S. The van der Waals surface area contributed by atoms with Gasteiger partial charge in [0.2, 0.25) is 0 Å².